The molecule has 1 unspecified atom stereocenters. The third-order valence-corrected chi connectivity index (χ3v) is 3.79. The maximum absolute atomic E-state index is 11.0. The molecule has 1 aromatic carbocycles. The molecule has 1 heterocycles. The summed E-state index contributed by atoms with van der Waals surface area (Å²) in [7, 11) is 1.91. The van der Waals surface area contributed by atoms with Crippen molar-refractivity contribution >= 4 is 11.4 Å². The van der Waals surface area contributed by atoms with Gasteiger partial charge in [0.25, 0.3) is 5.69 Å². The minimum atomic E-state index is -0.355. The van der Waals surface area contributed by atoms with Crippen LogP contribution in [0.4, 0.5) is 11.4 Å². The molecule has 0 aliphatic rings. The van der Waals surface area contributed by atoms with E-state index in [2.05, 4.69) is 10.4 Å². The Morgan fingerprint density at radius 2 is 2.00 bits per heavy atom. The van der Waals surface area contributed by atoms with E-state index in [0.717, 1.165) is 22.6 Å². The highest BCUT2D eigenvalue weighted by atomic mass is 16.6. The van der Waals surface area contributed by atoms with Gasteiger partial charge in [-0.2, -0.15) is 5.10 Å². The van der Waals surface area contributed by atoms with Crippen LogP contribution < -0.4 is 5.32 Å². The zero-order valence-corrected chi connectivity index (χ0v) is 13.0. The van der Waals surface area contributed by atoms with Gasteiger partial charge in [-0.1, -0.05) is 6.07 Å². The van der Waals surface area contributed by atoms with Crippen LogP contribution in [0.1, 0.15) is 35.5 Å². The molecular formula is C15H20N4O2. The molecule has 0 fully saturated rings. The van der Waals surface area contributed by atoms with Crippen molar-refractivity contribution in [2.45, 2.75) is 33.7 Å². The summed E-state index contributed by atoms with van der Waals surface area (Å²) in [5.74, 6) is 0. The molecule has 21 heavy (non-hydrogen) atoms. The lowest BCUT2D eigenvalue weighted by Crippen LogP contribution is -2.09. The molecule has 6 heteroatoms. The summed E-state index contributed by atoms with van der Waals surface area (Å²) >= 11 is 0. The second kappa shape index (κ2) is 5.55. The van der Waals surface area contributed by atoms with Crippen molar-refractivity contribution in [2.24, 2.45) is 7.05 Å². The maximum atomic E-state index is 11.0. The second-order valence-electron chi connectivity index (χ2n) is 5.33. The molecule has 0 radical (unpaired) electrons. The lowest BCUT2D eigenvalue weighted by molar-refractivity contribution is -0.385. The largest absolute Gasteiger partial charge is 0.378 e. The lowest BCUT2D eigenvalue weighted by Gasteiger charge is -2.16. The fourth-order valence-electron chi connectivity index (χ4n) is 2.63. The molecule has 1 aromatic heterocycles. The lowest BCUT2D eigenvalue weighted by atomic mass is 10.1. The highest BCUT2D eigenvalue weighted by molar-refractivity contribution is 5.56. The fourth-order valence-corrected chi connectivity index (χ4v) is 2.63. The van der Waals surface area contributed by atoms with Crippen LogP contribution in [0.15, 0.2) is 18.2 Å². The van der Waals surface area contributed by atoms with E-state index in [-0.39, 0.29) is 16.7 Å². The van der Waals surface area contributed by atoms with Gasteiger partial charge in [0.1, 0.15) is 0 Å². The van der Waals surface area contributed by atoms with Gasteiger partial charge in [-0.15, -0.1) is 0 Å². The molecule has 1 atom stereocenters. The van der Waals surface area contributed by atoms with Crippen LogP contribution in [-0.4, -0.2) is 14.7 Å². The van der Waals surface area contributed by atoms with E-state index in [1.165, 1.54) is 0 Å². The summed E-state index contributed by atoms with van der Waals surface area (Å²) in [5.41, 5.74) is 4.72. The third-order valence-electron chi connectivity index (χ3n) is 3.79. The monoisotopic (exact) mass is 288 g/mol. The molecule has 6 nitrogen and oxygen atoms in total. The van der Waals surface area contributed by atoms with Crippen molar-refractivity contribution in [1.82, 2.24) is 9.78 Å². The summed E-state index contributed by atoms with van der Waals surface area (Å²) in [4.78, 5) is 10.7. The van der Waals surface area contributed by atoms with E-state index in [1.54, 1.807) is 19.1 Å². The van der Waals surface area contributed by atoms with Gasteiger partial charge in [0.05, 0.1) is 16.7 Å². The topological polar surface area (TPSA) is 73.0 Å². The Kier molecular flexibility index (Phi) is 3.97. The van der Waals surface area contributed by atoms with Crippen molar-refractivity contribution in [2.75, 3.05) is 5.32 Å². The van der Waals surface area contributed by atoms with E-state index in [9.17, 15) is 10.1 Å². The molecule has 0 spiro atoms. The first kappa shape index (κ1) is 15.0. The Balaban J connectivity index is 2.29. The Hall–Kier alpha value is -2.37. The number of nitrogens with one attached hydrogen (secondary N) is 1. The summed E-state index contributed by atoms with van der Waals surface area (Å²) < 4.78 is 1.85. The molecule has 0 saturated carbocycles. The molecule has 0 aliphatic heterocycles. The van der Waals surface area contributed by atoms with Gasteiger partial charge >= 0.3 is 0 Å². The molecule has 2 aromatic rings. The van der Waals surface area contributed by atoms with Crippen LogP contribution in [0.25, 0.3) is 0 Å². The standard InChI is InChI=1S/C15H20N4O2/c1-9-6-7-13(8-14(9)19(20)21)16-10(2)15-11(3)17-18(5)12(15)4/h6-8,10,16H,1-5H3. The Morgan fingerprint density at radius 1 is 1.33 bits per heavy atom. The van der Waals surface area contributed by atoms with Crippen molar-refractivity contribution < 1.29 is 4.92 Å². The first-order chi connectivity index (χ1) is 9.81. The van der Waals surface area contributed by atoms with E-state index in [0.29, 0.717) is 5.56 Å². The predicted octanol–water partition coefficient (Wildman–Crippen LogP) is 3.43. The fraction of sp³-hybridized carbons (Fsp3) is 0.400. The van der Waals surface area contributed by atoms with E-state index in [1.807, 2.05) is 38.6 Å². The highest BCUT2D eigenvalue weighted by Crippen LogP contribution is 2.28. The van der Waals surface area contributed by atoms with Crippen molar-refractivity contribution in [3.05, 3.63) is 50.8 Å². The van der Waals surface area contributed by atoms with Gasteiger partial charge in [0.2, 0.25) is 0 Å². The predicted molar refractivity (Wildman–Crippen MR) is 82.6 cm³/mol. The number of nitro benzene ring substituents is 1. The average molecular weight is 288 g/mol. The zero-order valence-electron chi connectivity index (χ0n) is 13.0. The first-order valence-corrected chi connectivity index (χ1v) is 6.83. The summed E-state index contributed by atoms with van der Waals surface area (Å²) in [6.07, 6.45) is 0. The average Bonchev–Trinajstić information content (AvgIpc) is 2.65. The zero-order chi connectivity index (χ0) is 15.7. The molecule has 0 aliphatic carbocycles. The molecular weight excluding hydrogens is 268 g/mol. The Bertz CT molecular complexity index is 691. The first-order valence-electron chi connectivity index (χ1n) is 6.83. The molecule has 0 amide bonds. The van der Waals surface area contributed by atoms with Crippen molar-refractivity contribution in [3.8, 4) is 0 Å². The Morgan fingerprint density at radius 3 is 2.52 bits per heavy atom. The van der Waals surface area contributed by atoms with Crippen molar-refractivity contribution in [3.63, 3.8) is 0 Å². The van der Waals surface area contributed by atoms with E-state index < -0.39 is 0 Å². The number of nitro groups is 1. The number of nitrogens with zero attached hydrogens (tertiary/aromatic N) is 3. The summed E-state index contributed by atoms with van der Waals surface area (Å²) in [5, 5.41) is 18.7. The van der Waals surface area contributed by atoms with Gasteiger partial charge in [0, 0.05) is 35.6 Å². The number of benzene rings is 1. The number of hydrogen-bond donors (Lipinski definition) is 1. The van der Waals surface area contributed by atoms with E-state index >= 15 is 0 Å². The van der Waals surface area contributed by atoms with Gasteiger partial charge in [0.15, 0.2) is 0 Å². The van der Waals surface area contributed by atoms with Gasteiger partial charge in [-0.05, 0) is 33.8 Å². The third kappa shape index (κ3) is 2.89. The van der Waals surface area contributed by atoms with Crippen LogP contribution in [0.5, 0.6) is 0 Å². The van der Waals surface area contributed by atoms with Crippen molar-refractivity contribution in [1.29, 1.82) is 0 Å². The molecule has 1 N–H and O–H groups in total. The van der Waals surface area contributed by atoms with Crippen LogP contribution in [0.2, 0.25) is 0 Å². The van der Waals surface area contributed by atoms with Gasteiger partial charge in [-0.3, -0.25) is 14.8 Å². The van der Waals surface area contributed by atoms with Crippen LogP contribution >= 0.6 is 0 Å². The number of aryl methyl sites for hydroxylation is 3. The molecule has 0 saturated heterocycles. The molecule has 0 bridgehead atoms. The number of rotatable bonds is 4. The quantitative estimate of drug-likeness (QED) is 0.691. The number of hydrogen-bond acceptors (Lipinski definition) is 4. The smallest absolute Gasteiger partial charge is 0.274 e. The highest BCUT2D eigenvalue weighted by Gasteiger charge is 2.17. The molecule has 112 valence electrons. The maximum Gasteiger partial charge on any atom is 0.274 e. The Labute approximate surface area is 123 Å². The normalized spacial score (nSPS) is 12.2. The van der Waals surface area contributed by atoms with E-state index in [4.69, 9.17) is 0 Å². The minimum absolute atomic E-state index is 0.0287. The van der Waals surface area contributed by atoms with Crippen LogP contribution in [0, 0.1) is 30.9 Å². The number of anilines is 1. The van der Waals surface area contributed by atoms with Crippen LogP contribution in [-0.2, 0) is 7.05 Å². The second-order valence-corrected chi connectivity index (χ2v) is 5.33. The van der Waals surface area contributed by atoms with Gasteiger partial charge in [-0.25, -0.2) is 0 Å². The van der Waals surface area contributed by atoms with Gasteiger partial charge < -0.3 is 5.32 Å². The number of aromatic nitrogens is 2. The summed E-state index contributed by atoms with van der Waals surface area (Å²) in [6.45, 7) is 7.76. The SMILES string of the molecule is Cc1ccc(NC(C)c2c(C)nn(C)c2C)cc1[N+](=O)[O-]. The molecule has 2 rings (SSSR count). The van der Waals surface area contributed by atoms with Crippen LogP contribution in [0.3, 0.4) is 0 Å². The minimum Gasteiger partial charge on any atom is -0.378 e. The summed E-state index contributed by atoms with van der Waals surface area (Å²) in [6, 6.07) is 5.23.